The summed E-state index contributed by atoms with van der Waals surface area (Å²) in [6.45, 7) is 1.34. The van der Waals surface area contributed by atoms with E-state index in [1.165, 1.54) is 12.1 Å². The van der Waals surface area contributed by atoms with Crippen molar-refractivity contribution in [3.63, 3.8) is 0 Å². The summed E-state index contributed by atoms with van der Waals surface area (Å²) in [6.07, 6.45) is 5.34. The molecular weight excluding hydrogens is 387 g/mol. The van der Waals surface area contributed by atoms with Crippen molar-refractivity contribution in [2.75, 3.05) is 13.1 Å². The number of halogens is 1. The summed E-state index contributed by atoms with van der Waals surface area (Å²) < 4.78 is 13.4. The Bertz CT molecular complexity index is 966. The number of aromatic nitrogens is 1. The molecule has 1 saturated heterocycles. The highest BCUT2D eigenvalue weighted by atomic mass is 19.1. The maximum Gasteiger partial charge on any atom is 0.269 e. The second-order valence-electron chi connectivity index (χ2n) is 7.76. The van der Waals surface area contributed by atoms with Crippen molar-refractivity contribution < 1.29 is 18.8 Å². The zero-order valence-electron chi connectivity index (χ0n) is 16.5. The number of hydrogen-bond acceptors (Lipinski definition) is 5. The van der Waals surface area contributed by atoms with Crippen molar-refractivity contribution in [2.24, 2.45) is 5.16 Å². The first kappa shape index (κ1) is 20.0. The summed E-state index contributed by atoms with van der Waals surface area (Å²) in [5, 5.41) is 6.84. The van der Waals surface area contributed by atoms with E-state index in [0.717, 1.165) is 18.4 Å². The van der Waals surface area contributed by atoms with Gasteiger partial charge in [-0.25, -0.2) is 4.39 Å². The van der Waals surface area contributed by atoms with Crippen molar-refractivity contribution >= 4 is 17.5 Å². The van der Waals surface area contributed by atoms with E-state index in [1.807, 2.05) is 12.1 Å². The van der Waals surface area contributed by atoms with Crippen LogP contribution in [0.25, 0.3) is 0 Å². The van der Waals surface area contributed by atoms with Gasteiger partial charge in [-0.15, -0.1) is 0 Å². The monoisotopic (exact) mass is 410 g/mol. The van der Waals surface area contributed by atoms with Gasteiger partial charge in [0.25, 0.3) is 5.91 Å². The third-order valence-corrected chi connectivity index (χ3v) is 5.41. The first-order valence-electron chi connectivity index (χ1n) is 9.97. The molecule has 1 fully saturated rings. The minimum Gasteiger partial charge on any atom is -0.386 e. The molecule has 1 N–H and O–H groups in total. The SMILES string of the molecule is O=C(NCc1cccnc1)C1=NOC2(CCCN(C(=O)Cc3cccc(F)c3)C2)C1. The molecule has 2 aliphatic heterocycles. The molecule has 0 saturated carbocycles. The predicted octanol–water partition coefficient (Wildman–Crippen LogP) is 2.22. The van der Waals surface area contributed by atoms with Crippen LogP contribution in [0, 0.1) is 5.82 Å². The number of oxime groups is 1. The van der Waals surface area contributed by atoms with Gasteiger partial charge in [0, 0.05) is 31.9 Å². The summed E-state index contributed by atoms with van der Waals surface area (Å²) in [5.41, 5.74) is 1.19. The number of amides is 2. The molecule has 8 heteroatoms. The van der Waals surface area contributed by atoms with Crippen molar-refractivity contribution in [3.8, 4) is 0 Å². The molecule has 0 bridgehead atoms. The fourth-order valence-electron chi connectivity index (χ4n) is 3.89. The topological polar surface area (TPSA) is 83.9 Å². The highest BCUT2D eigenvalue weighted by Crippen LogP contribution is 2.33. The highest BCUT2D eigenvalue weighted by Gasteiger charge is 2.45. The summed E-state index contributed by atoms with van der Waals surface area (Å²) in [5.74, 6) is -0.721. The van der Waals surface area contributed by atoms with Gasteiger partial charge in [-0.1, -0.05) is 23.4 Å². The van der Waals surface area contributed by atoms with Crippen LogP contribution in [0.15, 0.2) is 53.9 Å². The number of nitrogens with one attached hydrogen (secondary N) is 1. The molecule has 30 heavy (non-hydrogen) atoms. The van der Waals surface area contributed by atoms with E-state index >= 15 is 0 Å². The third-order valence-electron chi connectivity index (χ3n) is 5.41. The van der Waals surface area contributed by atoms with E-state index in [-0.39, 0.29) is 24.1 Å². The zero-order valence-corrected chi connectivity index (χ0v) is 16.5. The average Bonchev–Trinajstić information content (AvgIpc) is 3.16. The number of pyridine rings is 1. The predicted molar refractivity (Wildman–Crippen MR) is 108 cm³/mol. The van der Waals surface area contributed by atoms with Gasteiger partial charge < -0.3 is 15.1 Å². The van der Waals surface area contributed by atoms with Gasteiger partial charge in [0.1, 0.15) is 11.5 Å². The van der Waals surface area contributed by atoms with Crippen LogP contribution in [-0.2, 0) is 27.4 Å². The van der Waals surface area contributed by atoms with Gasteiger partial charge >= 0.3 is 0 Å². The molecule has 1 aromatic heterocycles. The van der Waals surface area contributed by atoms with E-state index in [9.17, 15) is 14.0 Å². The summed E-state index contributed by atoms with van der Waals surface area (Å²) >= 11 is 0. The molecule has 1 spiro atoms. The quantitative estimate of drug-likeness (QED) is 0.819. The Balaban J connectivity index is 1.33. The Morgan fingerprint density at radius 1 is 1.23 bits per heavy atom. The van der Waals surface area contributed by atoms with Gasteiger partial charge in [-0.3, -0.25) is 14.6 Å². The largest absolute Gasteiger partial charge is 0.386 e. The van der Waals surface area contributed by atoms with E-state index in [4.69, 9.17) is 4.84 Å². The number of likely N-dealkylation sites (tertiary alicyclic amines) is 1. The minimum absolute atomic E-state index is 0.0854. The number of rotatable bonds is 5. The number of carbonyl (C=O) groups is 2. The fourth-order valence-corrected chi connectivity index (χ4v) is 3.89. The molecule has 1 aromatic carbocycles. The first-order chi connectivity index (χ1) is 14.5. The number of nitrogens with zero attached hydrogens (tertiary/aromatic N) is 3. The van der Waals surface area contributed by atoms with E-state index in [1.54, 1.807) is 29.4 Å². The molecule has 3 heterocycles. The second kappa shape index (κ2) is 8.61. The molecule has 1 atom stereocenters. The summed E-state index contributed by atoms with van der Waals surface area (Å²) in [6, 6.07) is 9.75. The molecular formula is C22H23FN4O3. The molecule has 0 radical (unpaired) electrons. The Hall–Kier alpha value is -3.29. The van der Waals surface area contributed by atoms with E-state index in [0.29, 0.717) is 37.3 Å². The Morgan fingerprint density at radius 2 is 2.10 bits per heavy atom. The molecule has 4 rings (SSSR count). The molecule has 156 valence electrons. The number of carbonyl (C=O) groups excluding carboxylic acids is 2. The molecule has 1 unspecified atom stereocenters. The first-order valence-corrected chi connectivity index (χ1v) is 9.97. The van der Waals surface area contributed by atoms with Gasteiger partial charge in [-0.2, -0.15) is 0 Å². The zero-order chi connectivity index (χ0) is 21.0. The Morgan fingerprint density at radius 3 is 2.90 bits per heavy atom. The van der Waals surface area contributed by atoms with Crippen LogP contribution in [0.1, 0.15) is 30.4 Å². The summed E-state index contributed by atoms with van der Waals surface area (Å²) in [4.78, 5) is 36.6. The Kier molecular flexibility index (Phi) is 5.74. The van der Waals surface area contributed by atoms with Gasteiger partial charge in [0.05, 0.1) is 13.0 Å². The van der Waals surface area contributed by atoms with Crippen LogP contribution in [0.3, 0.4) is 0 Å². The van der Waals surface area contributed by atoms with Gasteiger partial charge in [0.2, 0.25) is 5.91 Å². The number of piperidine rings is 1. The lowest BCUT2D eigenvalue weighted by molar-refractivity contribution is -0.139. The van der Waals surface area contributed by atoms with Crippen LogP contribution >= 0.6 is 0 Å². The second-order valence-corrected chi connectivity index (χ2v) is 7.76. The van der Waals surface area contributed by atoms with Gasteiger partial charge in [-0.05, 0) is 42.2 Å². The fraction of sp³-hybridized carbons (Fsp3) is 0.364. The molecule has 2 amide bonds. The van der Waals surface area contributed by atoms with Crippen LogP contribution in [0.4, 0.5) is 4.39 Å². The van der Waals surface area contributed by atoms with Crippen LogP contribution in [0.2, 0.25) is 0 Å². The van der Waals surface area contributed by atoms with Crippen molar-refractivity contribution in [3.05, 3.63) is 65.7 Å². The standard InChI is InChI=1S/C22H23FN4O3/c23-18-6-1-4-16(10-18)11-20(28)27-9-3-7-22(15-27)12-19(26-30-22)21(29)25-14-17-5-2-8-24-13-17/h1-2,4-6,8,10,13H,3,7,9,11-12,14-15H2,(H,25,29). The lowest BCUT2D eigenvalue weighted by atomic mass is 9.87. The molecule has 0 aliphatic carbocycles. The lowest BCUT2D eigenvalue weighted by Crippen LogP contribution is -2.51. The normalized spacial score (nSPS) is 20.6. The van der Waals surface area contributed by atoms with E-state index < -0.39 is 5.60 Å². The smallest absolute Gasteiger partial charge is 0.269 e. The van der Waals surface area contributed by atoms with Crippen LogP contribution in [0.5, 0.6) is 0 Å². The Labute approximate surface area is 173 Å². The highest BCUT2D eigenvalue weighted by molar-refractivity contribution is 6.39. The minimum atomic E-state index is -0.670. The van der Waals surface area contributed by atoms with Crippen molar-refractivity contribution in [1.29, 1.82) is 0 Å². The van der Waals surface area contributed by atoms with E-state index in [2.05, 4.69) is 15.5 Å². The third kappa shape index (κ3) is 4.64. The van der Waals surface area contributed by atoms with Crippen LogP contribution < -0.4 is 5.32 Å². The molecule has 2 aromatic rings. The lowest BCUT2D eigenvalue weighted by Gasteiger charge is -2.38. The maximum absolute atomic E-state index is 13.4. The van der Waals surface area contributed by atoms with Crippen molar-refractivity contribution in [2.45, 2.75) is 37.8 Å². The number of hydrogen-bond donors (Lipinski definition) is 1. The molecule has 7 nitrogen and oxygen atoms in total. The number of benzene rings is 1. The average molecular weight is 410 g/mol. The summed E-state index contributed by atoms with van der Waals surface area (Å²) in [7, 11) is 0. The van der Waals surface area contributed by atoms with Crippen LogP contribution in [-0.4, -0.2) is 46.1 Å². The van der Waals surface area contributed by atoms with Crippen molar-refractivity contribution in [1.82, 2.24) is 15.2 Å². The molecule has 2 aliphatic rings. The maximum atomic E-state index is 13.4. The van der Waals surface area contributed by atoms with Gasteiger partial charge in [0.15, 0.2) is 5.60 Å².